The lowest BCUT2D eigenvalue weighted by molar-refractivity contribution is 0.225. The molecule has 0 radical (unpaired) electrons. The van der Waals surface area contributed by atoms with Crippen molar-refractivity contribution in [1.82, 2.24) is 39.8 Å². The highest BCUT2D eigenvalue weighted by atomic mass is 16.3. The molecule has 0 spiro atoms. The fourth-order valence-electron chi connectivity index (χ4n) is 7.68. The van der Waals surface area contributed by atoms with Crippen molar-refractivity contribution in [3.05, 3.63) is 84.7 Å². The number of nitrogens with zero attached hydrogens (tertiary/aromatic N) is 10. The minimum Gasteiger partial charge on any atom is -0.506 e. The van der Waals surface area contributed by atoms with E-state index in [1.807, 2.05) is 24.3 Å². The topological polar surface area (TPSA) is 179 Å². The summed E-state index contributed by atoms with van der Waals surface area (Å²) in [7, 11) is 0. The van der Waals surface area contributed by atoms with Crippen LogP contribution in [0.5, 0.6) is 11.5 Å². The first-order chi connectivity index (χ1) is 24.4. The average molecular weight is 665 g/mol. The minimum atomic E-state index is 0.0985. The minimum absolute atomic E-state index is 0.0985. The van der Waals surface area contributed by atoms with Gasteiger partial charge in [-0.25, -0.2) is 19.0 Å². The molecule has 4 unspecified atom stereocenters. The summed E-state index contributed by atoms with van der Waals surface area (Å²) in [6, 6.07) is 17.9. The molecular formula is C36H32N12O2. The fourth-order valence-corrected chi connectivity index (χ4v) is 7.68. The number of fused-ring (bicyclic) bond motifs is 6. The number of aromatic nitrogens is 6. The van der Waals surface area contributed by atoms with Crippen LogP contribution in [0.1, 0.15) is 24.0 Å². The van der Waals surface area contributed by atoms with Crippen molar-refractivity contribution < 1.29 is 10.2 Å². The van der Waals surface area contributed by atoms with E-state index in [9.17, 15) is 20.7 Å². The van der Waals surface area contributed by atoms with Crippen molar-refractivity contribution in [3.63, 3.8) is 0 Å². The molecule has 248 valence electrons. The monoisotopic (exact) mass is 664 g/mol. The van der Waals surface area contributed by atoms with E-state index < -0.39 is 0 Å². The highest BCUT2D eigenvalue weighted by Crippen LogP contribution is 2.33. The summed E-state index contributed by atoms with van der Waals surface area (Å²) in [5.74, 6) is 2.12. The summed E-state index contributed by atoms with van der Waals surface area (Å²) in [5, 5.41) is 53.9. The first kappa shape index (κ1) is 29.9. The molecule has 0 aromatic carbocycles. The van der Waals surface area contributed by atoms with Crippen molar-refractivity contribution in [2.75, 3.05) is 36.0 Å². The lowest BCUT2D eigenvalue weighted by Gasteiger charge is -2.48. The van der Waals surface area contributed by atoms with Gasteiger partial charge in [-0.05, 0) is 49.2 Å². The zero-order valence-corrected chi connectivity index (χ0v) is 26.8. The summed E-state index contributed by atoms with van der Waals surface area (Å²) in [4.78, 5) is 13.8. The maximum absolute atomic E-state index is 9.97. The maximum atomic E-state index is 9.97. The first-order valence-electron chi connectivity index (χ1n) is 16.6. The standard InChI is InChI=1S/2C18H16N6O/c2*19-5-12-7-21-24-10-15(25)4-16(18(12)24)11-1-2-17(20-6-11)23-8-13-3-14(9-23)22-13/h2*1-2,4,6-7,10,13-14,22,25H,3,8-9H2. The molecule has 0 aliphatic carbocycles. The van der Waals surface area contributed by atoms with E-state index in [2.05, 4.69) is 52.7 Å². The zero-order chi connectivity index (χ0) is 33.9. The molecule has 6 fully saturated rings. The predicted molar refractivity (Wildman–Crippen MR) is 185 cm³/mol. The number of pyridine rings is 4. The molecule has 4 atom stereocenters. The van der Waals surface area contributed by atoms with Crippen LogP contribution in [0.3, 0.4) is 0 Å². The van der Waals surface area contributed by atoms with Crippen molar-refractivity contribution in [2.45, 2.75) is 37.0 Å². The SMILES string of the molecule is N#Cc1cnn2cc(O)cc(-c3ccc(N4CC5CC(C4)N5)nc3)c12.N#Cc1cnn2cc(O)cc(-c3ccc(N4CC5CC(C4)N5)nc3)c12. The number of hydrogen-bond donors (Lipinski definition) is 4. The van der Waals surface area contributed by atoms with Gasteiger partial charge in [-0.3, -0.25) is 0 Å². The molecule has 4 N–H and O–H groups in total. The van der Waals surface area contributed by atoms with Crippen molar-refractivity contribution in [2.24, 2.45) is 0 Å². The van der Waals surface area contributed by atoms with Gasteiger partial charge in [0.15, 0.2) is 0 Å². The second-order valence-corrected chi connectivity index (χ2v) is 13.4. The number of piperazine rings is 2. The smallest absolute Gasteiger partial charge is 0.134 e. The van der Waals surface area contributed by atoms with Gasteiger partial charge in [0.2, 0.25) is 0 Å². The number of nitriles is 2. The van der Waals surface area contributed by atoms with Gasteiger partial charge in [0.25, 0.3) is 0 Å². The van der Waals surface area contributed by atoms with Gasteiger partial charge in [0.1, 0.15) is 35.3 Å². The molecule has 4 bridgehead atoms. The first-order valence-corrected chi connectivity index (χ1v) is 16.6. The molecule has 6 saturated heterocycles. The molecule has 12 heterocycles. The Kier molecular flexibility index (Phi) is 7.01. The number of piperidine rings is 2. The number of hydrogen-bond acceptors (Lipinski definition) is 12. The Hall–Kier alpha value is -6.22. The van der Waals surface area contributed by atoms with Gasteiger partial charge in [-0.15, -0.1) is 0 Å². The molecule has 6 aliphatic rings. The van der Waals surface area contributed by atoms with Crippen molar-refractivity contribution in [3.8, 4) is 45.9 Å². The number of nitrogens with one attached hydrogen (secondary N) is 2. The van der Waals surface area contributed by atoms with Crippen LogP contribution in [0.25, 0.3) is 33.3 Å². The molecule has 0 amide bonds. The summed E-state index contributed by atoms with van der Waals surface area (Å²) in [5.41, 5.74) is 5.50. The van der Waals surface area contributed by atoms with E-state index in [0.29, 0.717) is 46.3 Å². The molecule has 0 saturated carbocycles. The van der Waals surface area contributed by atoms with Gasteiger partial charge >= 0.3 is 0 Å². The third-order valence-corrected chi connectivity index (χ3v) is 10.0. The summed E-state index contributed by atoms with van der Waals surface area (Å²) in [6.07, 6.45) is 12.1. The van der Waals surface area contributed by atoms with Gasteiger partial charge < -0.3 is 30.6 Å². The van der Waals surface area contributed by atoms with Crippen LogP contribution < -0.4 is 20.4 Å². The van der Waals surface area contributed by atoms with Gasteiger partial charge in [0, 0.05) is 85.0 Å². The van der Waals surface area contributed by atoms with E-state index in [4.69, 9.17) is 0 Å². The Bertz CT molecular complexity index is 2140. The Morgan fingerprint density at radius 3 is 1.36 bits per heavy atom. The number of rotatable bonds is 4. The number of anilines is 2. The highest BCUT2D eigenvalue weighted by molar-refractivity contribution is 5.86. The number of aromatic hydroxyl groups is 2. The van der Waals surface area contributed by atoms with Crippen LogP contribution in [-0.4, -0.2) is 89.8 Å². The predicted octanol–water partition coefficient (Wildman–Crippen LogP) is 3.05. The van der Waals surface area contributed by atoms with E-state index in [-0.39, 0.29) is 11.5 Å². The maximum Gasteiger partial charge on any atom is 0.134 e. The van der Waals surface area contributed by atoms with E-state index in [1.54, 1.807) is 24.5 Å². The van der Waals surface area contributed by atoms with Gasteiger partial charge in [-0.1, -0.05) is 0 Å². The lowest BCUT2D eigenvalue weighted by Crippen LogP contribution is -2.67. The fraction of sp³-hybridized carbons (Fsp3) is 0.278. The van der Waals surface area contributed by atoms with E-state index in [0.717, 1.165) is 60.1 Å². The Morgan fingerprint density at radius 1 is 0.620 bits per heavy atom. The lowest BCUT2D eigenvalue weighted by atomic mass is 9.91. The summed E-state index contributed by atoms with van der Waals surface area (Å²) >= 11 is 0. The van der Waals surface area contributed by atoms with Gasteiger partial charge in [-0.2, -0.15) is 20.7 Å². The van der Waals surface area contributed by atoms with Gasteiger partial charge in [0.05, 0.1) is 46.9 Å². The highest BCUT2D eigenvalue weighted by Gasteiger charge is 2.37. The average Bonchev–Trinajstić information content (AvgIpc) is 3.74. The molecule has 50 heavy (non-hydrogen) atoms. The Labute approximate surface area is 286 Å². The Morgan fingerprint density at radius 2 is 1.02 bits per heavy atom. The second-order valence-electron chi connectivity index (χ2n) is 13.4. The zero-order valence-electron chi connectivity index (χ0n) is 26.8. The molecule has 14 heteroatoms. The molecule has 6 aliphatic heterocycles. The van der Waals surface area contributed by atoms with Crippen LogP contribution in [0, 0.1) is 22.7 Å². The normalized spacial score (nSPS) is 21.8. The van der Waals surface area contributed by atoms with Crippen molar-refractivity contribution >= 4 is 22.7 Å². The van der Waals surface area contributed by atoms with E-state index >= 15 is 0 Å². The molecule has 6 aromatic heterocycles. The summed E-state index contributed by atoms with van der Waals surface area (Å²) in [6.45, 7) is 3.95. The molecule has 12 rings (SSSR count). The second kappa shape index (κ2) is 11.7. The van der Waals surface area contributed by atoms with Crippen LogP contribution >= 0.6 is 0 Å². The molecule has 14 nitrogen and oxygen atoms in total. The molecule has 6 aromatic rings. The largest absolute Gasteiger partial charge is 0.506 e. The third-order valence-electron chi connectivity index (χ3n) is 10.0. The van der Waals surface area contributed by atoms with Crippen LogP contribution in [0.15, 0.2) is 73.6 Å². The Balaban J connectivity index is 0.000000135. The van der Waals surface area contributed by atoms with Crippen molar-refractivity contribution in [1.29, 1.82) is 10.5 Å². The quantitative estimate of drug-likeness (QED) is 0.217. The van der Waals surface area contributed by atoms with Crippen LogP contribution in [0.4, 0.5) is 11.6 Å². The third kappa shape index (κ3) is 5.18. The van der Waals surface area contributed by atoms with E-state index in [1.165, 1.54) is 46.7 Å². The molecular weight excluding hydrogens is 632 g/mol. The summed E-state index contributed by atoms with van der Waals surface area (Å²) < 4.78 is 3.06. The van der Waals surface area contributed by atoms with Crippen LogP contribution in [0.2, 0.25) is 0 Å². The van der Waals surface area contributed by atoms with Crippen LogP contribution in [-0.2, 0) is 0 Å².